The number of para-hydroxylation sites is 3. The molecule has 0 aliphatic heterocycles. The third-order valence-corrected chi connectivity index (χ3v) is 29.5. The van der Waals surface area contributed by atoms with Crippen LogP contribution in [0.25, 0.3) is 174 Å². The molecular formula is C120H110N6O. The number of aromatic nitrogens is 4. The maximum Gasteiger partial charge on any atom is 0.159 e. The molecule has 0 aliphatic carbocycles. The number of hydrogen-bond acceptors (Lipinski definition) is 3. The van der Waals surface area contributed by atoms with Crippen molar-refractivity contribution in [3.05, 3.63) is 311 Å². The van der Waals surface area contributed by atoms with E-state index in [0.29, 0.717) is 0 Å². The predicted molar refractivity (Wildman–Crippen MR) is 546 cm³/mol. The minimum Gasteiger partial charge on any atom is -0.454 e. The zero-order valence-electron chi connectivity index (χ0n) is 77.3. The molecule has 7 heteroatoms. The number of nitrogens with zero attached hydrogens (tertiary/aromatic N) is 6. The lowest BCUT2D eigenvalue weighted by atomic mass is 9.78. The van der Waals surface area contributed by atoms with Crippen LogP contribution in [0.15, 0.2) is 265 Å². The Morgan fingerprint density at radius 2 is 0.575 bits per heavy atom. The molecule has 0 spiro atoms. The molecule has 9 aromatic heterocycles. The SMILES string of the molecule is Cc1ccc(N(c2ccc(CCC(C)(C)c3cc4c5ccc(N(c6ccccc6)c6cccc7c6oc6c(C(C)(C)C)cccc67)cc5n5c6cc7c8cc(C(C)(C)C)cc9c%10cc(C(C)(C)C)ccc%10n(c7cc6c(c3)c45)c98)cc2)c2ccc3c4cc(C(C)(C)C)cc5c6cc7c(cc6n(c3c2)c45)c2cc(C(C)(C)C)cc3c4cc(C(C)(C)C)ccc4n7c32)cc1. The first-order valence-corrected chi connectivity index (χ1v) is 46.1. The molecule has 626 valence electrons. The van der Waals surface area contributed by atoms with Gasteiger partial charge in [0, 0.05) is 131 Å². The number of rotatable bonds is 10. The fraction of sp³-hybridized carbons (Fsp3) is 0.250. The van der Waals surface area contributed by atoms with Crippen molar-refractivity contribution in [2.24, 2.45) is 0 Å². The first-order chi connectivity index (χ1) is 60.4. The Labute approximate surface area is 742 Å². The predicted octanol–water partition coefficient (Wildman–Crippen LogP) is 34.1. The maximum absolute atomic E-state index is 7.24. The number of furan rings is 1. The molecule has 0 unspecified atom stereocenters. The largest absolute Gasteiger partial charge is 0.454 e. The molecule has 24 rings (SSSR count). The summed E-state index contributed by atoms with van der Waals surface area (Å²) in [6.07, 6.45) is 1.83. The van der Waals surface area contributed by atoms with Crippen LogP contribution in [0.1, 0.15) is 195 Å². The van der Waals surface area contributed by atoms with Gasteiger partial charge in [-0.25, -0.2) is 0 Å². The monoisotopic (exact) mass is 1650 g/mol. The highest BCUT2D eigenvalue weighted by Gasteiger charge is 2.35. The van der Waals surface area contributed by atoms with Crippen molar-refractivity contribution >= 4 is 208 Å². The molecule has 127 heavy (non-hydrogen) atoms. The highest BCUT2D eigenvalue weighted by molar-refractivity contribution is 6.32. The highest BCUT2D eigenvalue weighted by Crippen LogP contribution is 2.54. The van der Waals surface area contributed by atoms with Crippen molar-refractivity contribution in [1.82, 2.24) is 17.6 Å². The molecule has 24 aromatic rings. The molecule has 0 amide bonds. The Morgan fingerprint density at radius 1 is 0.236 bits per heavy atom. The summed E-state index contributed by atoms with van der Waals surface area (Å²) in [6, 6.07) is 102. The van der Waals surface area contributed by atoms with E-state index in [1.165, 1.54) is 202 Å². The minimum atomic E-state index is -0.247. The maximum atomic E-state index is 7.24. The van der Waals surface area contributed by atoms with Gasteiger partial charge in [0.2, 0.25) is 0 Å². The van der Waals surface area contributed by atoms with Crippen molar-refractivity contribution in [1.29, 1.82) is 0 Å². The lowest BCUT2D eigenvalue weighted by Gasteiger charge is -2.27. The van der Waals surface area contributed by atoms with Crippen molar-refractivity contribution in [3.63, 3.8) is 0 Å². The van der Waals surface area contributed by atoms with Crippen LogP contribution in [0.3, 0.4) is 0 Å². The van der Waals surface area contributed by atoms with E-state index in [9.17, 15) is 0 Å². The molecule has 0 bridgehead atoms. The number of hydrogen-bond donors (Lipinski definition) is 0. The van der Waals surface area contributed by atoms with E-state index in [2.05, 4.69) is 434 Å². The molecule has 0 aliphatic rings. The number of fused-ring (bicyclic) bond motifs is 27. The molecule has 0 N–H and O–H groups in total. The summed E-state index contributed by atoms with van der Waals surface area (Å²) < 4.78 is 17.7. The summed E-state index contributed by atoms with van der Waals surface area (Å²) in [5.41, 5.74) is 34.6. The second kappa shape index (κ2) is 25.8. The summed E-state index contributed by atoms with van der Waals surface area (Å²) >= 11 is 0. The van der Waals surface area contributed by atoms with E-state index in [1.54, 1.807) is 0 Å². The highest BCUT2D eigenvalue weighted by atomic mass is 16.3. The van der Waals surface area contributed by atoms with Gasteiger partial charge in [0.15, 0.2) is 5.58 Å². The van der Waals surface area contributed by atoms with Gasteiger partial charge in [-0.15, -0.1) is 0 Å². The molecule has 9 heterocycles. The third kappa shape index (κ3) is 11.3. The standard InChI is InChI=1S/C120H110N6O/c1-67-33-39-76(40-34-67)121(78-43-45-80-90-53-71(116(8,9)10)56-94-88-63-104-86(65-106(88)125(108(90)94)102(80)61-78)95-57-72(117(11,12)13)54-92-84-51-69(114(2,3)4)37-47-99(84)123(104)110(92)95)77-41-35-68(36-42-77)49-50-120(20,21)74-59-91-81-46-44-79(122(75-27-23-22-24-28-75)101-32-26-30-83-82-29-25-31-98(119(17,18)19)112(82)127-113(83)101)62-103(81)126-107-66-87-96-58-73(118(14,15)16)55-93-85-52-70(115(5,6)7)38-48-100(85)124(111(93)96)105(87)64-89(107)97(60-74)109(91)126/h22-48,51-66H,49-50H2,1-21H3. The minimum absolute atomic E-state index is 0.00789. The smallest absolute Gasteiger partial charge is 0.159 e. The van der Waals surface area contributed by atoms with E-state index in [1.807, 2.05) is 0 Å². The van der Waals surface area contributed by atoms with E-state index >= 15 is 0 Å². The first-order valence-electron chi connectivity index (χ1n) is 46.1. The molecular weight excluding hydrogens is 1540 g/mol. The molecule has 0 fully saturated rings. The van der Waals surface area contributed by atoms with E-state index in [0.717, 1.165) is 68.9 Å². The van der Waals surface area contributed by atoms with Crippen LogP contribution in [0, 0.1) is 6.92 Å². The summed E-state index contributed by atoms with van der Waals surface area (Å²) in [5, 5.41) is 23.0. The summed E-state index contributed by atoms with van der Waals surface area (Å²) in [6.45, 7) is 49.3. The van der Waals surface area contributed by atoms with Crippen molar-refractivity contribution in [2.75, 3.05) is 9.80 Å². The fourth-order valence-electron chi connectivity index (χ4n) is 22.2. The van der Waals surface area contributed by atoms with Crippen LogP contribution in [-0.4, -0.2) is 17.6 Å². The van der Waals surface area contributed by atoms with Crippen LogP contribution in [0.5, 0.6) is 0 Å². The van der Waals surface area contributed by atoms with Gasteiger partial charge in [-0.05, 0) is 260 Å². The van der Waals surface area contributed by atoms with Crippen molar-refractivity contribution < 1.29 is 4.42 Å². The Balaban J connectivity index is 0.648. The number of benzene rings is 15. The van der Waals surface area contributed by atoms with Crippen LogP contribution in [0.4, 0.5) is 34.1 Å². The summed E-state index contributed by atoms with van der Waals surface area (Å²) in [5.74, 6) is 0. The topological polar surface area (TPSA) is 37.3 Å². The molecule has 0 saturated heterocycles. The summed E-state index contributed by atoms with van der Waals surface area (Å²) in [4.78, 5) is 4.90. The average molecular weight is 1650 g/mol. The van der Waals surface area contributed by atoms with Gasteiger partial charge in [0.25, 0.3) is 0 Å². The molecule has 15 aromatic carbocycles. The van der Waals surface area contributed by atoms with Gasteiger partial charge >= 0.3 is 0 Å². The van der Waals surface area contributed by atoms with E-state index in [4.69, 9.17) is 4.42 Å². The third-order valence-electron chi connectivity index (χ3n) is 29.5. The van der Waals surface area contributed by atoms with Crippen LogP contribution in [0.2, 0.25) is 0 Å². The lowest BCUT2D eigenvalue weighted by Crippen LogP contribution is -2.18. The fourth-order valence-corrected chi connectivity index (χ4v) is 22.2. The Hall–Kier alpha value is -13.1. The van der Waals surface area contributed by atoms with Crippen LogP contribution in [-0.2, 0) is 44.3 Å². The first kappa shape index (κ1) is 77.5. The molecule has 0 atom stereocenters. The summed E-state index contributed by atoms with van der Waals surface area (Å²) in [7, 11) is 0. The Bertz CT molecular complexity index is 8770. The quantitative estimate of drug-likeness (QED) is 0.137. The van der Waals surface area contributed by atoms with Crippen LogP contribution < -0.4 is 9.80 Å². The van der Waals surface area contributed by atoms with Gasteiger partial charge in [-0.3, -0.25) is 0 Å². The van der Waals surface area contributed by atoms with Gasteiger partial charge in [-0.1, -0.05) is 241 Å². The second-order valence-electron chi connectivity index (χ2n) is 44.5. The number of anilines is 6. The van der Waals surface area contributed by atoms with E-state index < -0.39 is 0 Å². The van der Waals surface area contributed by atoms with E-state index in [-0.39, 0.29) is 37.9 Å². The zero-order valence-corrected chi connectivity index (χ0v) is 77.3. The number of aryl methyl sites for hydroxylation is 2. The normalized spacial score (nSPS) is 13.6. The van der Waals surface area contributed by atoms with Gasteiger partial charge in [-0.2, -0.15) is 0 Å². The second-order valence-corrected chi connectivity index (χ2v) is 44.5. The lowest BCUT2D eigenvalue weighted by molar-refractivity contribution is 0.481. The molecule has 7 nitrogen and oxygen atoms in total. The Morgan fingerprint density at radius 3 is 0.992 bits per heavy atom. The zero-order chi connectivity index (χ0) is 87.6. The van der Waals surface area contributed by atoms with Gasteiger partial charge in [0.1, 0.15) is 5.58 Å². The molecule has 0 radical (unpaired) electrons. The van der Waals surface area contributed by atoms with Crippen molar-refractivity contribution in [2.45, 2.75) is 196 Å². The van der Waals surface area contributed by atoms with Gasteiger partial charge in [0.05, 0.1) is 71.9 Å². The average Bonchev–Trinajstić information content (AvgIpc) is 1.52. The molecule has 0 saturated carbocycles. The Kier molecular flexibility index (Phi) is 15.8. The van der Waals surface area contributed by atoms with Crippen molar-refractivity contribution in [3.8, 4) is 0 Å². The van der Waals surface area contributed by atoms with Gasteiger partial charge < -0.3 is 31.8 Å². The van der Waals surface area contributed by atoms with Crippen LogP contribution >= 0.6 is 0 Å².